The van der Waals surface area contributed by atoms with Crippen LogP contribution in [0, 0.1) is 12.7 Å². The van der Waals surface area contributed by atoms with Crippen molar-refractivity contribution in [3.05, 3.63) is 71.7 Å². The van der Waals surface area contributed by atoms with E-state index in [9.17, 15) is 9.18 Å². The second kappa shape index (κ2) is 7.70. The largest absolute Gasteiger partial charge is 0.378 e. The predicted molar refractivity (Wildman–Crippen MR) is 114 cm³/mol. The van der Waals surface area contributed by atoms with Crippen molar-refractivity contribution in [1.82, 2.24) is 15.0 Å². The van der Waals surface area contributed by atoms with Crippen LogP contribution in [0.3, 0.4) is 0 Å². The van der Waals surface area contributed by atoms with E-state index in [2.05, 4.69) is 20.2 Å². The number of anilines is 3. The van der Waals surface area contributed by atoms with Gasteiger partial charge in [0, 0.05) is 18.4 Å². The Balaban J connectivity index is 1.45. The lowest BCUT2D eigenvalue weighted by Gasteiger charge is -2.40. The molecule has 7 nitrogen and oxygen atoms in total. The van der Waals surface area contributed by atoms with Crippen LogP contribution in [-0.4, -0.2) is 40.6 Å². The summed E-state index contributed by atoms with van der Waals surface area (Å²) in [6.07, 6.45) is 3.53. The summed E-state index contributed by atoms with van der Waals surface area (Å²) < 4.78 is 18.6. The molecule has 8 heteroatoms. The molecule has 158 valence electrons. The number of pyridine rings is 1. The Hall–Kier alpha value is -3.39. The summed E-state index contributed by atoms with van der Waals surface area (Å²) in [5.41, 5.74) is 2.33. The van der Waals surface area contributed by atoms with Crippen LogP contribution in [0.5, 0.6) is 0 Å². The number of nitrogens with one attached hydrogen (secondary N) is 1. The number of aryl methyl sites for hydroxylation is 2. The number of aromatic nitrogens is 3. The van der Waals surface area contributed by atoms with Gasteiger partial charge in [-0.2, -0.15) is 0 Å². The highest BCUT2D eigenvalue weighted by atomic mass is 19.1. The summed E-state index contributed by atoms with van der Waals surface area (Å²) in [6, 6.07) is 11.5. The summed E-state index contributed by atoms with van der Waals surface area (Å²) in [5.74, 6) is 1.02. The number of halogens is 1. The molecule has 1 N–H and O–H groups in total. The molecule has 5 rings (SSSR count). The van der Waals surface area contributed by atoms with Gasteiger partial charge in [0.05, 0.1) is 30.3 Å². The topological polar surface area (TPSA) is 80.2 Å². The molecule has 3 aromatic rings. The first-order chi connectivity index (χ1) is 15.0. The molecular formula is C23H22FN5O2. The monoisotopic (exact) mass is 419 g/mol. The molecule has 4 heterocycles. The zero-order valence-electron chi connectivity index (χ0n) is 17.1. The number of nitrogens with zero attached hydrogens (tertiary/aromatic N) is 4. The summed E-state index contributed by atoms with van der Waals surface area (Å²) >= 11 is 0. The number of carbonyl (C=O) groups is 1. The van der Waals surface area contributed by atoms with Crippen molar-refractivity contribution >= 4 is 23.1 Å². The third-order valence-electron chi connectivity index (χ3n) is 5.80. The second-order valence-corrected chi connectivity index (χ2v) is 7.92. The molecule has 2 aromatic heterocycles. The summed E-state index contributed by atoms with van der Waals surface area (Å²) in [5, 5.41) is 2.88. The number of benzene rings is 1. The maximum atomic E-state index is 13.2. The predicted octanol–water partition coefficient (Wildman–Crippen LogP) is 3.31. The van der Waals surface area contributed by atoms with Gasteiger partial charge in [-0.1, -0.05) is 0 Å². The molecule has 0 atom stereocenters. The quantitative estimate of drug-likeness (QED) is 0.699. The summed E-state index contributed by atoms with van der Waals surface area (Å²) in [7, 11) is 0. The van der Waals surface area contributed by atoms with Gasteiger partial charge < -0.3 is 15.0 Å². The highest BCUT2D eigenvalue weighted by Gasteiger charge is 2.49. The average molecular weight is 419 g/mol. The van der Waals surface area contributed by atoms with Crippen molar-refractivity contribution in [3.8, 4) is 0 Å². The first-order valence-corrected chi connectivity index (χ1v) is 10.3. The standard InChI is InChI=1S/C23H22FN5O2/c1-15-25-11-10-21(26-15)29-12-2-3-18-19(29)8-9-20(28-18)23(13-31-14-23)22(30)27-17-6-4-16(24)5-7-17/h4-11H,2-3,12-14H2,1H3,(H,27,30). The third-order valence-corrected chi connectivity index (χ3v) is 5.80. The fourth-order valence-electron chi connectivity index (χ4n) is 4.03. The lowest BCUT2D eigenvalue weighted by atomic mass is 9.80. The second-order valence-electron chi connectivity index (χ2n) is 7.92. The van der Waals surface area contributed by atoms with E-state index in [4.69, 9.17) is 9.72 Å². The Morgan fingerprint density at radius 2 is 1.94 bits per heavy atom. The summed E-state index contributed by atoms with van der Waals surface area (Å²) in [6.45, 7) is 3.25. The van der Waals surface area contributed by atoms with Crippen LogP contribution in [0.1, 0.15) is 23.6 Å². The Kier molecular flexibility index (Phi) is 4.86. The Labute approximate surface area is 179 Å². The van der Waals surface area contributed by atoms with E-state index in [0.29, 0.717) is 11.4 Å². The van der Waals surface area contributed by atoms with Gasteiger partial charge in [-0.3, -0.25) is 9.78 Å². The molecule has 2 aliphatic heterocycles. The lowest BCUT2D eigenvalue weighted by molar-refractivity contribution is -0.140. The average Bonchev–Trinajstić information content (AvgIpc) is 2.74. The highest BCUT2D eigenvalue weighted by Crippen LogP contribution is 2.37. The normalized spacial score (nSPS) is 16.9. The molecule has 0 unspecified atom stereocenters. The SMILES string of the molecule is Cc1nccc(N2CCCc3nc(C4(C(=O)Nc5ccc(F)cc5)COC4)ccc32)n1. The van der Waals surface area contributed by atoms with Crippen molar-refractivity contribution in [2.75, 3.05) is 30.0 Å². The van der Waals surface area contributed by atoms with E-state index in [1.807, 2.05) is 25.1 Å². The molecule has 1 fully saturated rings. The van der Waals surface area contributed by atoms with Gasteiger partial charge in [-0.25, -0.2) is 14.4 Å². The molecule has 0 radical (unpaired) electrons. The van der Waals surface area contributed by atoms with Crippen LogP contribution in [-0.2, 0) is 21.4 Å². The van der Waals surface area contributed by atoms with Gasteiger partial charge in [0.25, 0.3) is 0 Å². The van der Waals surface area contributed by atoms with Gasteiger partial charge in [0.1, 0.15) is 22.9 Å². The van der Waals surface area contributed by atoms with E-state index >= 15 is 0 Å². The van der Waals surface area contributed by atoms with Crippen molar-refractivity contribution in [1.29, 1.82) is 0 Å². The first kappa shape index (κ1) is 19.6. The molecule has 1 saturated heterocycles. The number of fused-ring (bicyclic) bond motifs is 1. The smallest absolute Gasteiger partial charge is 0.241 e. The van der Waals surface area contributed by atoms with E-state index < -0.39 is 5.41 Å². The Bertz CT molecular complexity index is 1130. The van der Waals surface area contributed by atoms with E-state index in [1.54, 1.807) is 18.3 Å². The minimum Gasteiger partial charge on any atom is -0.378 e. The van der Waals surface area contributed by atoms with Crippen molar-refractivity contribution in [2.24, 2.45) is 0 Å². The third kappa shape index (κ3) is 3.53. The number of carbonyl (C=O) groups excluding carboxylic acids is 1. The molecule has 1 amide bonds. The van der Waals surface area contributed by atoms with Crippen LogP contribution in [0.15, 0.2) is 48.7 Å². The molecule has 0 bridgehead atoms. The van der Waals surface area contributed by atoms with Crippen molar-refractivity contribution in [3.63, 3.8) is 0 Å². The zero-order valence-corrected chi connectivity index (χ0v) is 17.1. The molecule has 0 spiro atoms. The van der Waals surface area contributed by atoms with Gasteiger partial charge >= 0.3 is 0 Å². The number of hydrogen-bond acceptors (Lipinski definition) is 6. The van der Waals surface area contributed by atoms with Crippen LogP contribution < -0.4 is 10.2 Å². The molecule has 2 aliphatic rings. The molecule has 0 saturated carbocycles. The lowest BCUT2D eigenvalue weighted by Crippen LogP contribution is -2.56. The van der Waals surface area contributed by atoms with Crippen LogP contribution in [0.2, 0.25) is 0 Å². The van der Waals surface area contributed by atoms with E-state index in [-0.39, 0.29) is 24.9 Å². The van der Waals surface area contributed by atoms with Crippen LogP contribution >= 0.6 is 0 Å². The molecule has 31 heavy (non-hydrogen) atoms. The maximum absolute atomic E-state index is 13.2. The highest BCUT2D eigenvalue weighted by molar-refractivity contribution is 5.99. The maximum Gasteiger partial charge on any atom is 0.241 e. The fourth-order valence-corrected chi connectivity index (χ4v) is 4.03. The van der Waals surface area contributed by atoms with Gasteiger partial charge in [0.15, 0.2) is 0 Å². The van der Waals surface area contributed by atoms with Crippen LogP contribution in [0.25, 0.3) is 0 Å². The van der Waals surface area contributed by atoms with Crippen LogP contribution in [0.4, 0.5) is 21.6 Å². The molecule has 1 aromatic carbocycles. The summed E-state index contributed by atoms with van der Waals surface area (Å²) in [4.78, 5) is 28.9. The van der Waals surface area contributed by atoms with Gasteiger partial charge in [-0.15, -0.1) is 0 Å². The van der Waals surface area contributed by atoms with Gasteiger partial charge in [0.2, 0.25) is 5.91 Å². The zero-order chi connectivity index (χ0) is 21.4. The minimum absolute atomic E-state index is 0.197. The molecule has 0 aliphatic carbocycles. The Morgan fingerprint density at radius 1 is 1.13 bits per heavy atom. The van der Waals surface area contributed by atoms with Gasteiger partial charge in [-0.05, 0) is 62.2 Å². The van der Waals surface area contributed by atoms with Crippen molar-refractivity contribution < 1.29 is 13.9 Å². The minimum atomic E-state index is -0.850. The Morgan fingerprint density at radius 3 is 2.65 bits per heavy atom. The van der Waals surface area contributed by atoms with E-state index in [1.165, 1.54) is 12.1 Å². The first-order valence-electron chi connectivity index (χ1n) is 10.3. The number of rotatable bonds is 4. The molecular weight excluding hydrogens is 397 g/mol. The fraction of sp³-hybridized carbons (Fsp3) is 0.304. The number of hydrogen-bond donors (Lipinski definition) is 1. The number of ether oxygens (including phenoxy) is 1. The van der Waals surface area contributed by atoms with E-state index in [0.717, 1.165) is 42.4 Å². The van der Waals surface area contributed by atoms with Crippen molar-refractivity contribution in [2.45, 2.75) is 25.2 Å². The number of amides is 1.